The molecule has 6 nitrogen and oxygen atoms in total. The standard InChI is InChI=1S/C10H9FN2O4S/c1-3-7(2)12-18(16,17)8-4-5-9(11)10(6-8)13(14)15/h1,4-7,12H,2H3. The van der Waals surface area contributed by atoms with Crippen LogP contribution in [0.15, 0.2) is 23.1 Å². The van der Waals surface area contributed by atoms with Crippen molar-refractivity contribution in [2.45, 2.75) is 17.9 Å². The summed E-state index contributed by atoms with van der Waals surface area (Å²) in [6, 6.07) is 1.50. The SMILES string of the molecule is C#CC(C)NS(=O)(=O)c1ccc(F)c([N+](=O)[O-])c1. The highest BCUT2D eigenvalue weighted by Gasteiger charge is 2.22. The summed E-state index contributed by atoms with van der Waals surface area (Å²) in [5.41, 5.74) is -0.911. The number of nitro groups is 1. The minimum atomic E-state index is -4.01. The Hall–Kier alpha value is -1.98. The first-order valence-corrected chi connectivity index (χ1v) is 6.18. The molecule has 1 rings (SSSR count). The Kier molecular flexibility index (Phi) is 4.00. The van der Waals surface area contributed by atoms with Crippen LogP contribution in [-0.2, 0) is 10.0 Å². The third-order valence-corrected chi connectivity index (χ3v) is 3.54. The number of halogens is 1. The maximum absolute atomic E-state index is 13.0. The van der Waals surface area contributed by atoms with E-state index in [1.807, 2.05) is 0 Å². The van der Waals surface area contributed by atoms with Crippen LogP contribution in [-0.4, -0.2) is 19.4 Å². The van der Waals surface area contributed by atoms with Crippen LogP contribution < -0.4 is 4.72 Å². The van der Waals surface area contributed by atoms with Gasteiger partial charge in [0.05, 0.1) is 15.9 Å². The van der Waals surface area contributed by atoms with Crippen molar-refractivity contribution in [3.63, 3.8) is 0 Å². The number of terminal acetylenes is 1. The van der Waals surface area contributed by atoms with Gasteiger partial charge in [-0.25, -0.2) is 8.42 Å². The zero-order valence-electron chi connectivity index (χ0n) is 9.25. The molecule has 0 saturated carbocycles. The molecule has 0 aliphatic heterocycles. The van der Waals surface area contributed by atoms with E-state index in [2.05, 4.69) is 10.6 Å². The zero-order valence-corrected chi connectivity index (χ0v) is 10.1. The van der Waals surface area contributed by atoms with E-state index in [1.54, 1.807) is 0 Å². The van der Waals surface area contributed by atoms with Crippen LogP contribution in [0.5, 0.6) is 0 Å². The largest absolute Gasteiger partial charge is 0.306 e. The van der Waals surface area contributed by atoms with Crippen molar-refractivity contribution in [1.29, 1.82) is 0 Å². The predicted octanol–water partition coefficient (Wildman–Crippen LogP) is 1.03. The van der Waals surface area contributed by atoms with Gasteiger partial charge in [0.2, 0.25) is 15.8 Å². The van der Waals surface area contributed by atoms with E-state index in [0.717, 1.165) is 6.07 Å². The Morgan fingerprint density at radius 1 is 1.56 bits per heavy atom. The summed E-state index contributed by atoms with van der Waals surface area (Å²) in [4.78, 5) is 9.08. The monoisotopic (exact) mass is 272 g/mol. The van der Waals surface area contributed by atoms with E-state index < -0.39 is 37.4 Å². The molecule has 1 unspecified atom stereocenters. The summed E-state index contributed by atoms with van der Waals surface area (Å²) in [6.45, 7) is 1.43. The molecule has 0 aromatic heterocycles. The number of benzene rings is 1. The zero-order chi connectivity index (χ0) is 13.9. The predicted molar refractivity (Wildman–Crippen MR) is 61.7 cm³/mol. The number of hydrogen-bond donors (Lipinski definition) is 1. The van der Waals surface area contributed by atoms with Gasteiger partial charge in [-0.2, -0.15) is 9.11 Å². The van der Waals surface area contributed by atoms with Gasteiger partial charge in [0.1, 0.15) is 0 Å². The smallest absolute Gasteiger partial charge is 0.258 e. The molecule has 96 valence electrons. The van der Waals surface area contributed by atoms with Crippen LogP contribution in [0.2, 0.25) is 0 Å². The molecule has 0 aliphatic rings. The summed E-state index contributed by atoms with van der Waals surface area (Å²) in [6.07, 6.45) is 5.01. The number of nitrogens with one attached hydrogen (secondary N) is 1. The number of sulfonamides is 1. The molecule has 8 heteroatoms. The first-order valence-electron chi connectivity index (χ1n) is 4.70. The van der Waals surface area contributed by atoms with Crippen molar-refractivity contribution in [2.24, 2.45) is 0 Å². The fraction of sp³-hybridized carbons (Fsp3) is 0.200. The second-order valence-electron chi connectivity index (χ2n) is 3.38. The second kappa shape index (κ2) is 5.12. The van der Waals surface area contributed by atoms with Crippen molar-refractivity contribution < 1.29 is 17.7 Å². The van der Waals surface area contributed by atoms with Gasteiger partial charge in [0.25, 0.3) is 0 Å². The lowest BCUT2D eigenvalue weighted by molar-refractivity contribution is -0.387. The molecule has 1 aromatic carbocycles. The van der Waals surface area contributed by atoms with Crippen LogP contribution in [0.4, 0.5) is 10.1 Å². The Labute approximate surface area is 103 Å². The highest BCUT2D eigenvalue weighted by atomic mass is 32.2. The van der Waals surface area contributed by atoms with Gasteiger partial charge in [-0.15, -0.1) is 6.42 Å². The fourth-order valence-corrected chi connectivity index (χ4v) is 2.32. The maximum atomic E-state index is 13.0. The lowest BCUT2D eigenvalue weighted by atomic mass is 10.3. The van der Waals surface area contributed by atoms with Gasteiger partial charge in [-0.3, -0.25) is 10.1 Å². The molecular formula is C10H9FN2O4S. The van der Waals surface area contributed by atoms with Crippen LogP contribution in [0.3, 0.4) is 0 Å². The van der Waals surface area contributed by atoms with E-state index in [-0.39, 0.29) is 0 Å². The van der Waals surface area contributed by atoms with E-state index in [9.17, 15) is 22.9 Å². The van der Waals surface area contributed by atoms with Gasteiger partial charge in [0, 0.05) is 6.07 Å². The molecule has 0 heterocycles. The first kappa shape index (κ1) is 14.1. The fourth-order valence-electron chi connectivity index (χ4n) is 1.13. The summed E-state index contributed by atoms with van der Waals surface area (Å²) >= 11 is 0. The lowest BCUT2D eigenvalue weighted by Gasteiger charge is -2.08. The topological polar surface area (TPSA) is 89.3 Å². The normalized spacial score (nSPS) is 12.7. The Bertz CT molecular complexity index is 621. The molecular weight excluding hydrogens is 263 g/mol. The molecule has 0 spiro atoms. The third kappa shape index (κ3) is 3.03. The minimum Gasteiger partial charge on any atom is -0.258 e. The molecule has 0 aliphatic carbocycles. The van der Waals surface area contributed by atoms with Crippen LogP contribution in [0.25, 0.3) is 0 Å². The third-order valence-electron chi connectivity index (χ3n) is 2.01. The minimum absolute atomic E-state index is 0.419. The average molecular weight is 272 g/mol. The average Bonchev–Trinajstić information content (AvgIpc) is 2.28. The molecule has 1 N–H and O–H groups in total. The van der Waals surface area contributed by atoms with Gasteiger partial charge in [-0.05, 0) is 19.1 Å². The Morgan fingerprint density at radius 3 is 2.67 bits per heavy atom. The molecule has 0 saturated heterocycles. The van der Waals surface area contributed by atoms with Crippen molar-refractivity contribution in [3.8, 4) is 12.3 Å². The van der Waals surface area contributed by atoms with Crippen molar-refractivity contribution in [1.82, 2.24) is 4.72 Å². The van der Waals surface area contributed by atoms with Crippen molar-refractivity contribution in [3.05, 3.63) is 34.1 Å². The second-order valence-corrected chi connectivity index (χ2v) is 5.09. The van der Waals surface area contributed by atoms with E-state index in [4.69, 9.17) is 6.42 Å². The van der Waals surface area contributed by atoms with E-state index in [0.29, 0.717) is 12.1 Å². The van der Waals surface area contributed by atoms with Crippen LogP contribution >= 0.6 is 0 Å². The quantitative estimate of drug-likeness (QED) is 0.503. The van der Waals surface area contributed by atoms with Gasteiger partial charge in [0.15, 0.2) is 0 Å². The number of nitro benzene ring substituents is 1. The maximum Gasteiger partial charge on any atom is 0.306 e. The Morgan fingerprint density at radius 2 is 2.17 bits per heavy atom. The van der Waals surface area contributed by atoms with Gasteiger partial charge < -0.3 is 0 Å². The molecule has 0 radical (unpaired) electrons. The number of hydrogen-bond acceptors (Lipinski definition) is 4. The number of nitrogens with zero attached hydrogens (tertiary/aromatic N) is 1. The summed E-state index contributed by atoms with van der Waals surface area (Å²) in [5.74, 6) is 1.03. The van der Waals surface area contributed by atoms with Crippen molar-refractivity contribution in [2.75, 3.05) is 0 Å². The van der Waals surface area contributed by atoms with Crippen LogP contribution in [0.1, 0.15) is 6.92 Å². The molecule has 18 heavy (non-hydrogen) atoms. The van der Waals surface area contributed by atoms with Crippen LogP contribution in [0, 0.1) is 28.3 Å². The van der Waals surface area contributed by atoms with E-state index >= 15 is 0 Å². The van der Waals surface area contributed by atoms with Gasteiger partial charge in [-0.1, -0.05) is 5.92 Å². The summed E-state index contributed by atoms with van der Waals surface area (Å²) in [7, 11) is -4.01. The summed E-state index contributed by atoms with van der Waals surface area (Å²) in [5, 5.41) is 10.5. The molecule has 0 bridgehead atoms. The molecule has 0 fully saturated rings. The highest BCUT2D eigenvalue weighted by molar-refractivity contribution is 7.89. The van der Waals surface area contributed by atoms with Crippen molar-refractivity contribution >= 4 is 15.7 Å². The molecule has 0 amide bonds. The molecule has 1 aromatic rings. The number of rotatable bonds is 4. The highest BCUT2D eigenvalue weighted by Crippen LogP contribution is 2.21. The summed E-state index contributed by atoms with van der Waals surface area (Å²) < 4.78 is 38.6. The van der Waals surface area contributed by atoms with Gasteiger partial charge >= 0.3 is 5.69 Å². The molecule has 1 atom stereocenters. The van der Waals surface area contributed by atoms with E-state index in [1.165, 1.54) is 6.92 Å². The lowest BCUT2D eigenvalue weighted by Crippen LogP contribution is -2.31. The Balaban J connectivity index is 3.23. The first-order chi connectivity index (χ1) is 8.27.